The summed E-state index contributed by atoms with van der Waals surface area (Å²) in [4.78, 5) is 2.28. The maximum Gasteiger partial charge on any atom is 0.213 e. The molecular formula is C9H20N2O3S. The first-order valence-corrected chi connectivity index (χ1v) is 7.06. The molecule has 1 rings (SSSR count). The second kappa shape index (κ2) is 5.79. The summed E-state index contributed by atoms with van der Waals surface area (Å²) in [5.41, 5.74) is 0. The highest BCUT2D eigenvalue weighted by atomic mass is 32.2. The van der Waals surface area contributed by atoms with Crippen LogP contribution in [0.15, 0.2) is 0 Å². The number of aliphatic hydroxyl groups is 1. The average molecular weight is 236 g/mol. The number of aliphatic hydroxyl groups excluding tert-OH is 1. The molecule has 0 spiro atoms. The Morgan fingerprint density at radius 1 is 1.53 bits per heavy atom. The molecule has 1 atom stereocenters. The summed E-state index contributed by atoms with van der Waals surface area (Å²) in [5.74, 6) is -0.203. The van der Waals surface area contributed by atoms with Gasteiger partial charge in [-0.3, -0.25) is 4.90 Å². The van der Waals surface area contributed by atoms with Crippen molar-refractivity contribution in [2.24, 2.45) is 0 Å². The van der Waals surface area contributed by atoms with Crippen molar-refractivity contribution < 1.29 is 13.5 Å². The summed E-state index contributed by atoms with van der Waals surface area (Å²) in [6, 6.07) is 0.323. The third-order valence-electron chi connectivity index (χ3n) is 2.80. The van der Waals surface area contributed by atoms with Crippen LogP contribution >= 0.6 is 0 Å². The van der Waals surface area contributed by atoms with Crippen molar-refractivity contribution in [3.05, 3.63) is 0 Å². The van der Waals surface area contributed by atoms with Gasteiger partial charge in [0.25, 0.3) is 0 Å². The Labute approximate surface area is 91.5 Å². The van der Waals surface area contributed by atoms with Gasteiger partial charge in [0.05, 0.1) is 12.4 Å². The molecule has 0 aromatic rings. The van der Waals surface area contributed by atoms with Gasteiger partial charge in [-0.05, 0) is 25.9 Å². The van der Waals surface area contributed by atoms with E-state index in [4.69, 9.17) is 5.11 Å². The Kier molecular flexibility index (Phi) is 4.98. The zero-order valence-corrected chi connectivity index (χ0v) is 9.96. The van der Waals surface area contributed by atoms with E-state index in [9.17, 15) is 8.42 Å². The fourth-order valence-electron chi connectivity index (χ4n) is 1.96. The van der Waals surface area contributed by atoms with Crippen LogP contribution in [0.5, 0.6) is 0 Å². The number of likely N-dealkylation sites (tertiary alicyclic amines) is 1. The summed E-state index contributed by atoms with van der Waals surface area (Å²) in [7, 11) is -3.28. The lowest BCUT2D eigenvalue weighted by Gasteiger charge is -2.22. The zero-order valence-electron chi connectivity index (χ0n) is 9.15. The number of sulfonamides is 1. The monoisotopic (exact) mass is 236 g/mol. The predicted octanol–water partition coefficient (Wildman–Crippen LogP) is -0.618. The number of likely N-dealkylation sites (N-methyl/N-ethyl adjacent to an activating group) is 1. The molecule has 15 heavy (non-hydrogen) atoms. The minimum atomic E-state index is -3.28. The van der Waals surface area contributed by atoms with Gasteiger partial charge in [0.15, 0.2) is 0 Å². The van der Waals surface area contributed by atoms with Crippen molar-refractivity contribution >= 4 is 10.0 Å². The van der Waals surface area contributed by atoms with Crippen molar-refractivity contribution in [2.75, 3.05) is 32.0 Å². The van der Waals surface area contributed by atoms with Gasteiger partial charge in [0, 0.05) is 12.6 Å². The van der Waals surface area contributed by atoms with Crippen molar-refractivity contribution in [3.8, 4) is 0 Å². The van der Waals surface area contributed by atoms with Crippen molar-refractivity contribution in [2.45, 2.75) is 25.8 Å². The molecule has 0 radical (unpaired) electrons. The first kappa shape index (κ1) is 12.9. The van der Waals surface area contributed by atoms with Gasteiger partial charge < -0.3 is 5.11 Å². The van der Waals surface area contributed by atoms with Crippen molar-refractivity contribution in [1.82, 2.24) is 9.62 Å². The third-order valence-corrected chi connectivity index (χ3v) is 4.13. The van der Waals surface area contributed by atoms with E-state index in [1.54, 1.807) is 0 Å². The van der Waals surface area contributed by atoms with E-state index in [-0.39, 0.29) is 12.4 Å². The van der Waals surface area contributed by atoms with Crippen LogP contribution in [0.3, 0.4) is 0 Å². The lowest BCUT2D eigenvalue weighted by molar-refractivity contribution is 0.267. The van der Waals surface area contributed by atoms with Crippen LogP contribution in [0.25, 0.3) is 0 Å². The van der Waals surface area contributed by atoms with E-state index in [1.807, 2.05) is 0 Å². The predicted molar refractivity (Wildman–Crippen MR) is 59.1 cm³/mol. The highest BCUT2D eigenvalue weighted by Crippen LogP contribution is 2.15. The molecule has 1 aliphatic rings. The summed E-state index contributed by atoms with van der Waals surface area (Å²) in [6.07, 6.45) is 2.19. The summed E-state index contributed by atoms with van der Waals surface area (Å²) >= 11 is 0. The van der Waals surface area contributed by atoms with Crippen LogP contribution < -0.4 is 4.72 Å². The highest BCUT2D eigenvalue weighted by molar-refractivity contribution is 7.89. The highest BCUT2D eigenvalue weighted by Gasteiger charge is 2.24. The molecule has 2 N–H and O–H groups in total. The fraction of sp³-hybridized carbons (Fsp3) is 1.00. The van der Waals surface area contributed by atoms with Gasteiger partial charge in [0.1, 0.15) is 0 Å². The van der Waals surface area contributed by atoms with Gasteiger partial charge in [0.2, 0.25) is 10.0 Å². The second-order valence-electron chi connectivity index (χ2n) is 3.82. The average Bonchev–Trinajstić information content (AvgIpc) is 2.62. The van der Waals surface area contributed by atoms with Crippen LogP contribution in [0.1, 0.15) is 19.8 Å². The van der Waals surface area contributed by atoms with Crippen LogP contribution in [0.2, 0.25) is 0 Å². The molecule has 6 heteroatoms. The molecule has 1 aliphatic heterocycles. The van der Waals surface area contributed by atoms with Crippen LogP contribution in [-0.4, -0.2) is 56.5 Å². The molecule has 0 aliphatic carbocycles. The summed E-state index contributed by atoms with van der Waals surface area (Å²) in [6.45, 7) is 4.25. The SMILES string of the molecule is CCN1CCCC1CNS(=O)(=O)CCO. The molecule has 1 heterocycles. The maximum absolute atomic E-state index is 11.3. The fourth-order valence-corrected chi connectivity index (χ4v) is 2.79. The largest absolute Gasteiger partial charge is 0.395 e. The number of nitrogens with zero attached hydrogens (tertiary/aromatic N) is 1. The Balaban J connectivity index is 2.36. The lowest BCUT2D eigenvalue weighted by atomic mass is 10.2. The Morgan fingerprint density at radius 3 is 2.87 bits per heavy atom. The molecular weight excluding hydrogens is 216 g/mol. The smallest absolute Gasteiger partial charge is 0.213 e. The Bertz CT molecular complexity index is 279. The molecule has 1 saturated heterocycles. The molecule has 0 aromatic heterocycles. The van der Waals surface area contributed by atoms with E-state index in [0.29, 0.717) is 12.6 Å². The Hall–Kier alpha value is -0.170. The molecule has 0 aromatic carbocycles. The van der Waals surface area contributed by atoms with Gasteiger partial charge in [-0.1, -0.05) is 6.92 Å². The quantitative estimate of drug-likeness (QED) is 0.645. The first-order chi connectivity index (χ1) is 7.09. The number of nitrogens with one attached hydrogen (secondary N) is 1. The van der Waals surface area contributed by atoms with E-state index in [2.05, 4.69) is 16.5 Å². The molecule has 0 bridgehead atoms. The molecule has 5 nitrogen and oxygen atoms in total. The van der Waals surface area contributed by atoms with E-state index < -0.39 is 10.0 Å². The molecule has 1 unspecified atom stereocenters. The van der Waals surface area contributed by atoms with Gasteiger partial charge in [-0.15, -0.1) is 0 Å². The van der Waals surface area contributed by atoms with E-state index in [1.165, 1.54) is 0 Å². The topological polar surface area (TPSA) is 69.6 Å². The van der Waals surface area contributed by atoms with Gasteiger partial charge >= 0.3 is 0 Å². The second-order valence-corrected chi connectivity index (χ2v) is 5.74. The number of hydrogen-bond acceptors (Lipinski definition) is 4. The summed E-state index contributed by atoms with van der Waals surface area (Å²) in [5, 5.41) is 8.56. The molecule has 0 amide bonds. The standard InChI is InChI=1S/C9H20N2O3S/c1-2-11-5-3-4-9(11)8-10-15(13,14)7-6-12/h9-10,12H,2-8H2,1H3. The third kappa shape index (κ3) is 4.06. The summed E-state index contributed by atoms with van der Waals surface area (Å²) < 4.78 is 25.1. The van der Waals surface area contributed by atoms with Gasteiger partial charge in [-0.2, -0.15) is 0 Å². The first-order valence-electron chi connectivity index (χ1n) is 5.41. The van der Waals surface area contributed by atoms with E-state index in [0.717, 1.165) is 25.9 Å². The van der Waals surface area contributed by atoms with Crippen molar-refractivity contribution in [3.63, 3.8) is 0 Å². The minimum absolute atomic E-state index is 0.203. The minimum Gasteiger partial charge on any atom is -0.395 e. The number of hydrogen-bond donors (Lipinski definition) is 2. The van der Waals surface area contributed by atoms with Crippen LogP contribution in [-0.2, 0) is 10.0 Å². The van der Waals surface area contributed by atoms with Gasteiger partial charge in [-0.25, -0.2) is 13.1 Å². The maximum atomic E-state index is 11.3. The molecule has 0 saturated carbocycles. The van der Waals surface area contributed by atoms with Crippen LogP contribution in [0, 0.1) is 0 Å². The Morgan fingerprint density at radius 2 is 2.27 bits per heavy atom. The molecule has 90 valence electrons. The van der Waals surface area contributed by atoms with Crippen LogP contribution in [0.4, 0.5) is 0 Å². The zero-order chi connectivity index (χ0) is 11.3. The lowest BCUT2D eigenvalue weighted by Crippen LogP contribution is -2.41. The molecule has 1 fully saturated rings. The van der Waals surface area contributed by atoms with Crippen molar-refractivity contribution in [1.29, 1.82) is 0 Å². The normalized spacial score (nSPS) is 23.5. The van der Waals surface area contributed by atoms with E-state index >= 15 is 0 Å². The number of rotatable bonds is 6.